The Bertz CT molecular complexity index is 545. The summed E-state index contributed by atoms with van der Waals surface area (Å²) < 4.78 is 2.59. The molecule has 1 aliphatic heterocycles. The van der Waals surface area contributed by atoms with Gasteiger partial charge in [0, 0.05) is 31.9 Å². The molecule has 8 heteroatoms. The molecule has 1 aliphatic rings. The molecule has 0 aromatic rings. The highest BCUT2D eigenvalue weighted by Gasteiger charge is 2.21. The number of nitrogens with zero attached hydrogens (tertiary/aromatic N) is 3. The Balaban J connectivity index is 2.68. The van der Waals surface area contributed by atoms with E-state index in [1.165, 1.54) is 17.5 Å². The number of hydrogen-bond acceptors (Lipinski definition) is 7. The standard InChI is InChI=1S/C16H24N6S2/c1-4-5-6-13(11-19-2)15(20-3)21-14-7-9-22(10-8-14)24-16(18)23-12-17/h4-6,11-12,14,17-18H,1-2,7-10H2,3H3,(H,20,21)/b6-5-,13-11-,17-12?,18-16?. The van der Waals surface area contributed by atoms with Gasteiger partial charge in [0.15, 0.2) is 0 Å². The van der Waals surface area contributed by atoms with E-state index in [1.54, 1.807) is 12.3 Å². The zero-order chi connectivity index (χ0) is 17.8. The Morgan fingerprint density at radius 1 is 1.38 bits per heavy atom. The van der Waals surface area contributed by atoms with Gasteiger partial charge in [-0.05, 0) is 37.6 Å². The molecule has 130 valence electrons. The number of amidine groups is 1. The first-order valence-corrected chi connectivity index (χ1v) is 9.18. The van der Waals surface area contributed by atoms with Crippen molar-refractivity contribution in [2.24, 2.45) is 9.98 Å². The zero-order valence-electron chi connectivity index (χ0n) is 13.9. The number of allylic oxidation sites excluding steroid dienone is 2. The van der Waals surface area contributed by atoms with E-state index in [-0.39, 0.29) is 6.04 Å². The fourth-order valence-electron chi connectivity index (χ4n) is 2.17. The molecule has 1 rings (SSSR count). The second kappa shape index (κ2) is 11.8. The average molecular weight is 365 g/mol. The van der Waals surface area contributed by atoms with E-state index in [0.717, 1.165) is 49.1 Å². The molecule has 3 N–H and O–H groups in total. The molecule has 1 heterocycles. The van der Waals surface area contributed by atoms with E-state index in [1.807, 2.05) is 19.2 Å². The average Bonchev–Trinajstić information content (AvgIpc) is 2.58. The minimum atomic E-state index is 0.235. The van der Waals surface area contributed by atoms with Crippen molar-refractivity contribution in [2.75, 3.05) is 20.1 Å². The number of rotatable bonds is 7. The predicted molar refractivity (Wildman–Crippen MR) is 110 cm³/mol. The SMILES string of the molecule is C=C\C=C/C(=C/N=C)C(=N\C1CCN(SC(=N)SC=N)CC1)/NC. The second-order valence-corrected chi connectivity index (χ2v) is 7.11. The lowest BCUT2D eigenvalue weighted by atomic mass is 10.1. The minimum Gasteiger partial charge on any atom is -0.373 e. The fourth-order valence-corrected chi connectivity index (χ4v) is 3.54. The molecular formula is C16H24N6S2. The first kappa shape index (κ1) is 20.4. The van der Waals surface area contributed by atoms with Crippen LogP contribution in [0.3, 0.4) is 0 Å². The molecule has 0 spiro atoms. The summed E-state index contributed by atoms with van der Waals surface area (Å²) in [6.45, 7) is 8.93. The summed E-state index contributed by atoms with van der Waals surface area (Å²) in [5.74, 6) is 0.790. The van der Waals surface area contributed by atoms with Crippen LogP contribution >= 0.6 is 23.7 Å². The van der Waals surface area contributed by atoms with Crippen molar-refractivity contribution < 1.29 is 0 Å². The molecule has 0 bridgehead atoms. The van der Waals surface area contributed by atoms with Crippen molar-refractivity contribution in [3.05, 3.63) is 36.6 Å². The van der Waals surface area contributed by atoms with Gasteiger partial charge < -0.3 is 10.7 Å². The molecule has 0 radical (unpaired) electrons. The summed E-state index contributed by atoms with van der Waals surface area (Å²) in [7, 11) is 1.85. The van der Waals surface area contributed by atoms with Crippen molar-refractivity contribution in [1.82, 2.24) is 9.62 Å². The Morgan fingerprint density at radius 2 is 2.08 bits per heavy atom. The summed E-state index contributed by atoms with van der Waals surface area (Å²) in [5.41, 5.74) is 2.05. The van der Waals surface area contributed by atoms with Crippen LogP contribution in [0.1, 0.15) is 12.8 Å². The number of likely N-dealkylation sites (N-methyl/N-ethyl adjacent to an activating group) is 1. The molecule has 0 amide bonds. The summed E-state index contributed by atoms with van der Waals surface area (Å²) in [6.07, 6.45) is 8.99. The van der Waals surface area contributed by atoms with Crippen LogP contribution in [0.2, 0.25) is 0 Å². The van der Waals surface area contributed by atoms with Gasteiger partial charge in [-0.2, -0.15) is 0 Å². The van der Waals surface area contributed by atoms with E-state index in [4.69, 9.17) is 15.8 Å². The Hall–Kier alpha value is -1.64. The predicted octanol–water partition coefficient (Wildman–Crippen LogP) is 3.32. The highest BCUT2D eigenvalue weighted by molar-refractivity contribution is 8.43. The molecule has 0 aliphatic carbocycles. The third-order valence-corrected chi connectivity index (χ3v) is 4.90. The number of piperidine rings is 1. The van der Waals surface area contributed by atoms with Crippen molar-refractivity contribution >= 4 is 46.2 Å². The van der Waals surface area contributed by atoms with Gasteiger partial charge in [-0.3, -0.25) is 15.4 Å². The monoisotopic (exact) mass is 364 g/mol. The van der Waals surface area contributed by atoms with Gasteiger partial charge in [-0.15, -0.1) is 0 Å². The summed E-state index contributed by atoms with van der Waals surface area (Å²) in [6, 6.07) is 0.235. The van der Waals surface area contributed by atoms with Crippen molar-refractivity contribution in [1.29, 1.82) is 10.8 Å². The van der Waals surface area contributed by atoms with E-state index >= 15 is 0 Å². The maximum atomic E-state index is 7.74. The van der Waals surface area contributed by atoms with Crippen LogP contribution in [-0.2, 0) is 0 Å². The van der Waals surface area contributed by atoms with Gasteiger partial charge >= 0.3 is 0 Å². The fraction of sp³-hybridized carbons (Fsp3) is 0.375. The largest absolute Gasteiger partial charge is 0.373 e. The van der Waals surface area contributed by atoms with Gasteiger partial charge in [0.2, 0.25) is 0 Å². The zero-order valence-corrected chi connectivity index (χ0v) is 15.5. The maximum absolute atomic E-state index is 7.74. The second-order valence-electron chi connectivity index (χ2n) is 4.86. The molecule has 6 nitrogen and oxygen atoms in total. The number of thioether (sulfide) groups is 1. The number of hydrogen-bond donors (Lipinski definition) is 3. The lowest BCUT2D eigenvalue weighted by molar-refractivity contribution is 0.349. The Labute approximate surface area is 152 Å². The minimum absolute atomic E-state index is 0.235. The maximum Gasteiger partial charge on any atom is 0.142 e. The molecule has 0 aromatic heterocycles. The highest BCUT2D eigenvalue weighted by atomic mass is 32.2. The lowest BCUT2D eigenvalue weighted by Gasteiger charge is -2.29. The molecular weight excluding hydrogens is 340 g/mol. The van der Waals surface area contributed by atoms with E-state index in [2.05, 4.69) is 27.9 Å². The van der Waals surface area contributed by atoms with Crippen LogP contribution in [0.15, 0.2) is 46.6 Å². The van der Waals surface area contributed by atoms with Gasteiger partial charge in [-0.25, -0.2) is 4.31 Å². The van der Waals surface area contributed by atoms with Gasteiger partial charge in [0.05, 0.1) is 11.6 Å². The van der Waals surface area contributed by atoms with Gasteiger partial charge in [-0.1, -0.05) is 30.5 Å². The van der Waals surface area contributed by atoms with Crippen LogP contribution in [0.4, 0.5) is 0 Å². The van der Waals surface area contributed by atoms with Crippen LogP contribution < -0.4 is 5.32 Å². The van der Waals surface area contributed by atoms with Crippen molar-refractivity contribution in [2.45, 2.75) is 18.9 Å². The van der Waals surface area contributed by atoms with Gasteiger partial charge in [0.1, 0.15) is 10.2 Å². The van der Waals surface area contributed by atoms with E-state index in [0.29, 0.717) is 4.38 Å². The third-order valence-electron chi connectivity index (χ3n) is 3.27. The Morgan fingerprint density at radius 3 is 2.62 bits per heavy atom. The molecule has 0 atom stereocenters. The normalized spacial score (nSPS) is 17.7. The number of nitrogens with one attached hydrogen (secondary N) is 3. The van der Waals surface area contributed by atoms with Crippen LogP contribution in [-0.4, -0.2) is 53.0 Å². The van der Waals surface area contributed by atoms with Crippen LogP contribution in [0.25, 0.3) is 0 Å². The summed E-state index contributed by atoms with van der Waals surface area (Å²) in [4.78, 5) is 8.65. The van der Waals surface area contributed by atoms with Crippen molar-refractivity contribution in [3.63, 3.8) is 0 Å². The topological polar surface area (TPSA) is 87.7 Å². The highest BCUT2D eigenvalue weighted by Crippen LogP contribution is 2.24. The third kappa shape index (κ3) is 7.29. The molecule has 24 heavy (non-hydrogen) atoms. The smallest absolute Gasteiger partial charge is 0.142 e. The number of aliphatic imine (C=N–C) groups is 2. The molecule has 1 fully saturated rings. The summed E-state index contributed by atoms with van der Waals surface area (Å²) >= 11 is 2.53. The van der Waals surface area contributed by atoms with Crippen LogP contribution in [0, 0.1) is 10.8 Å². The Kier molecular flexibility index (Phi) is 10.1. The van der Waals surface area contributed by atoms with E-state index < -0.39 is 0 Å². The quantitative estimate of drug-likeness (QED) is 0.280. The first-order valence-electron chi connectivity index (χ1n) is 7.52. The van der Waals surface area contributed by atoms with E-state index in [9.17, 15) is 0 Å². The van der Waals surface area contributed by atoms with Crippen molar-refractivity contribution in [3.8, 4) is 0 Å². The van der Waals surface area contributed by atoms with Crippen LogP contribution in [0.5, 0.6) is 0 Å². The molecule has 0 unspecified atom stereocenters. The first-order chi connectivity index (χ1) is 11.6. The molecule has 1 saturated heterocycles. The van der Waals surface area contributed by atoms with Gasteiger partial charge in [0.25, 0.3) is 0 Å². The summed E-state index contributed by atoms with van der Waals surface area (Å²) in [5, 5.41) is 17.9. The molecule has 0 aromatic carbocycles. The molecule has 0 saturated carbocycles. The lowest BCUT2D eigenvalue weighted by Crippen LogP contribution is -2.33.